The quantitative estimate of drug-likeness (QED) is 0.384. The monoisotopic (exact) mass is 360 g/mol. The molecule has 0 heterocycles. The maximum atomic E-state index is 6.51. The fourth-order valence-electron chi connectivity index (χ4n) is 5.77. The van der Waals surface area contributed by atoms with Crippen molar-refractivity contribution < 1.29 is 9.22 Å². The maximum absolute atomic E-state index is 6.51. The maximum Gasteiger partial charge on any atom is 0.102 e. The number of rotatable bonds is 9. The zero-order valence-electron chi connectivity index (χ0n) is 18.0. The summed E-state index contributed by atoms with van der Waals surface area (Å²) in [5.74, 6) is 3.87. The summed E-state index contributed by atoms with van der Waals surface area (Å²) < 4.78 is 7.54. The van der Waals surface area contributed by atoms with Crippen LogP contribution in [0.2, 0.25) is 0 Å². The fourth-order valence-corrected chi connectivity index (χ4v) is 5.77. The Morgan fingerprint density at radius 1 is 0.923 bits per heavy atom. The topological polar surface area (TPSA) is 9.23 Å². The summed E-state index contributed by atoms with van der Waals surface area (Å²) in [5.41, 5.74) is 2.95. The van der Waals surface area contributed by atoms with Crippen LogP contribution in [-0.2, 0) is 4.74 Å². The molecule has 0 atom stereocenters. The molecule has 0 amide bonds. The molecule has 4 aliphatic carbocycles. The van der Waals surface area contributed by atoms with Gasteiger partial charge in [-0.15, -0.1) is 0 Å². The third kappa shape index (κ3) is 5.45. The second kappa shape index (κ2) is 8.61. The lowest BCUT2D eigenvalue weighted by Gasteiger charge is -2.54. The van der Waals surface area contributed by atoms with E-state index in [1.165, 1.54) is 56.1 Å². The molecule has 4 rings (SSSR count). The third-order valence-corrected chi connectivity index (χ3v) is 7.17. The number of likely N-dealkylation sites (N-methyl/N-ethyl adjacent to an activating group) is 1. The van der Waals surface area contributed by atoms with Crippen molar-refractivity contribution in [3.05, 3.63) is 23.3 Å². The predicted octanol–water partition coefficient (Wildman–Crippen LogP) is 5.60. The highest BCUT2D eigenvalue weighted by molar-refractivity contribution is 5.02. The summed E-state index contributed by atoms with van der Waals surface area (Å²) in [7, 11) is 4.69. The Bertz CT molecular complexity index is 498. The van der Waals surface area contributed by atoms with Gasteiger partial charge in [0.1, 0.15) is 6.54 Å². The molecule has 0 radical (unpaired) electrons. The Kier molecular flexibility index (Phi) is 6.67. The van der Waals surface area contributed by atoms with Crippen molar-refractivity contribution in [2.75, 3.05) is 33.8 Å². The largest absolute Gasteiger partial charge is 0.372 e. The minimum Gasteiger partial charge on any atom is -0.372 e. The average molecular weight is 361 g/mol. The number of ether oxygens (including phenoxy) is 1. The van der Waals surface area contributed by atoms with Gasteiger partial charge < -0.3 is 9.22 Å². The Balaban J connectivity index is 1.39. The third-order valence-electron chi connectivity index (χ3n) is 7.17. The highest BCUT2D eigenvalue weighted by atomic mass is 16.5. The summed E-state index contributed by atoms with van der Waals surface area (Å²) >= 11 is 0. The van der Waals surface area contributed by atoms with Gasteiger partial charge in [-0.2, -0.15) is 0 Å². The standard InChI is InChI=1S/C24H42NO/c1-18(2)7-6-8-19(3)9-10-25(4,5)11-12-26-24-22-14-20-13-21(16-22)17-23(24)15-20/h7,9,20-24H,6,8,10-17H2,1-5H3/q+1/b19-9+. The average Bonchev–Trinajstić information content (AvgIpc) is 2.54. The minimum absolute atomic E-state index is 0.587. The van der Waals surface area contributed by atoms with Gasteiger partial charge in [0, 0.05) is 0 Å². The van der Waals surface area contributed by atoms with Gasteiger partial charge in [-0.25, -0.2) is 0 Å². The SMILES string of the molecule is CC(C)=CCC/C(C)=C/C[N+](C)(C)CCOC1C2CC3CC(C2)CC1C3. The van der Waals surface area contributed by atoms with Crippen LogP contribution < -0.4 is 0 Å². The van der Waals surface area contributed by atoms with E-state index in [1.54, 1.807) is 0 Å². The molecule has 0 saturated heterocycles. The molecule has 4 fully saturated rings. The molecule has 0 N–H and O–H groups in total. The zero-order valence-corrected chi connectivity index (χ0v) is 18.0. The van der Waals surface area contributed by atoms with Crippen molar-refractivity contribution in [3.63, 3.8) is 0 Å². The lowest BCUT2D eigenvalue weighted by Crippen LogP contribution is -2.50. The van der Waals surface area contributed by atoms with Gasteiger partial charge >= 0.3 is 0 Å². The molecule has 4 saturated carbocycles. The normalized spacial score (nSPS) is 33.6. The number of nitrogens with zero attached hydrogens (tertiary/aromatic N) is 1. The molecular formula is C24H42NO+. The van der Waals surface area contributed by atoms with Gasteiger partial charge in [0.2, 0.25) is 0 Å². The highest BCUT2D eigenvalue weighted by Crippen LogP contribution is 2.54. The summed E-state index contributed by atoms with van der Waals surface area (Å²) in [5, 5.41) is 0. The van der Waals surface area contributed by atoms with E-state index in [1.807, 2.05) is 0 Å². The van der Waals surface area contributed by atoms with Gasteiger partial charge in [-0.3, -0.25) is 0 Å². The first-order valence-electron chi connectivity index (χ1n) is 11.0. The van der Waals surface area contributed by atoms with Crippen molar-refractivity contribution in [1.29, 1.82) is 0 Å². The first-order valence-corrected chi connectivity index (χ1v) is 11.0. The van der Waals surface area contributed by atoms with Crippen molar-refractivity contribution in [3.8, 4) is 0 Å². The highest BCUT2D eigenvalue weighted by Gasteiger charge is 2.48. The number of hydrogen-bond donors (Lipinski definition) is 0. The molecule has 148 valence electrons. The van der Waals surface area contributed by atoms with Gasteiger partial charge in [-0.05, 0) is 95.5 Å². The fraction of sp³-hybridized carbons (Fsp3) is 0.833. The van der Waals surface area contributed by atoms with E-state index in [0.717, 1.165) is 47.9 Å². The summed E-state index contributed by atoms with van der Waals surface area (Å²) in [6.45, 7) is 9.83. The Hall–Kier alpha value is -0.600. The van der Waals surface area contributed by atoms with E-state index in [9.17, 15) is 0 Å². The van der Waals surface area contributed by atoms with Gasteiger partial charge in [-0.1, -0.05) is 17.2 Å². The molecule has 0 unspecified atom stereocenters. The molecule has 0 aromatic heterocycles. The summed E-state index contributed by atoms with van der Waals surface area (Å²) in [6.07, 6.45) is 15.1. The van der Waals surface area contributed by atoms with E-state index in [-0.39, 0.29) is 0 Å². The van der Waals surface area contributed by atoms with E-state index >= 15 is 0 Å². The molecule has 26 heavy (non-hydrogen) atoms. The van der Waals surface area contributed by atoms with Crippen LogP contribution in [0.1, 0.15) is 65.7 Å². The van der Waals surface area contributed by atoms with Gasteiger partial charge in [0.05, 0.1) is 33.4 Å². The Morgan fingerprint density at radius 3 is 2.12 bits per heavy atom. The first-order chi connectivity index (χ1) is 12.3. The van der Waals surface area contributed by atoms with Crippen molar-refractivity contribution in [1.82, 2.24) is 0 Å². The lowest BCUT2D eigenvalue weighted by molar-refractivity contribution is -0.885. The summed E-state index contributed by atoms with van der Waals surface area (Å²) in [6, 6.07) is 0. The molecule has 4 aliphatic rings. The molecule has 0 aromatic rings. The van der Waals surface area contributed by atoms with Crippen molar-refractivity contribution in [2.45, 2.75) is 71.8 Å². The summed E-state index contributed by atoms with van der Waals surface area (Å²) in [4.78, 5) is 0. The number of quaternary nitrogens is 1. The van der Waals surface area contributed by atoms with E-state index < -0.39 is 0 Å². The minimum atomic E-state index is 0.587. The second-order valence-corrected chi connectivity index (χ2v) is 10.5. The molecule has 0 aliphatic heterocycles. The number of hydrogen-bond acceptors (Lipinski definition) is 1. The molecule has 0 spiro atoms. The van der Waals surface area contributed by atoms with Crippen LogP contribution in [-0.4, -0.2) is 44.4 Å². The van der Waals surface area contributed by atoms with E-state index in [2.05, 4.69) is 47.0 Å². The van der Waals surface area contributed by atoms with E-state index in [0.29, 0.717) is 6.10 Å². The van der Waals surface area contributed by atoms with Crippen LogP contribution in [0, 0.1) is 23.7 Å². The lowest BCUT2D eigenvalue weighted by atomic mass is 9.55. The number of allylic oxidation sites excluding steroid dienone is 3. The Morgan fingerprint density at radius 2 is 1.54 bits per heavy atom. The predicted molar refractivity (Wildman–Crippen MR) is 111 cm³/mol. The van der Waals surface area contributed by atoms with Crippen molar-refractivity contribution in [2.24, 2.45) is 23.7 Å². The van der Waals surface area contributed by atoms with Crippen molar-refractivity contribution >= 4 is 0 Å². The van der Waals surface area contributed by atoms with Gasteiger partial charge in [0.15, 0.2) is 0 Å². The molecule has 0 aromatic carbocycles. The van der Waals surface area contributed by atoms with Gasteiger partial charge in [0.25, 0.3) is 0 Å². The molecule has 2 heteroatoms. The first kappa shape index (κ1) is 20.1. The zero-order chi connectivity index (χ0) is 18.7. The Labute approximate surface area is 162 Å². The smallest absolute Gasteiger partial charge is 0.102 e. The van der Waals surface area contributed by atoms with Crippen LogP contribution in [0.25, 0.3) is 0 Å². The van der Waals surface area contributed by atoms with Crippen LogP contribution >= 0.6 is 0 Å². The second-order valence-electron chi connectivity index (χ2n) is 10.5. The molecule has 4 bridgehead atoms. The van der Waals surface area contributed by atoms with E-state index in [4.69, 9.17) is 4.74 Å². The molecular weight excluding hydrogens is 318 g/mol. The molecule has 2 nitrogen and oxygen atoms in total. The van der Waals surface area contributed by atoms with Crippen LogP contribution in [0.5, 0.6) is 0 Å². The van der Waals surface area contributed by atoms with Crippen LogP contribution in [0.3, 0.4) is 0 Å². The van der Waals surface area contributed by atoms with Crippen LogP contribution in [0.15, 0.2) is 23.3 Å². The van der Waals surface area contributed by atoms with Crippen LogP contribution in [0.4, 0.5) is 0 Å².